The molecule has 1 aliphatic heterocycles. The van der Waals surface area contributed by atoms with Crippen molar-refractivity contribution in [3.63, 3.8) is 0 Å². The summed E-state index contributed by atoms with van der Waals surface area (Å²) >= 11 is 5.99. The van der Waals surface area contributed by atoms with E-state index in [1.54, 1.807) is 10.8 Å². The zero-order valence-electron chi connectivity index (χ0n) is 11.7. The molecule has 5 nitrogen and oxygen atoms in total. The van der Waals surface area contributed by atoms with E-state index in [4.69, 9.17) is 11.6 Å². The van der Waals surface area contributed by atoms with Crippen molar-refractivity contribution in [3.8, 4) is 0 Å². The van der Waals surface area contributed by atoms with Crippen molar-refractivity contribution in [2.75, 3.05) is 0 Å². The van der Waals surface area contributed by atoms with Gasteiger partial charge in [-0.3, -0.25) is 9.69 Å². The summed E-state index contributed by atoms with van der Waals surface area (Å²) in [4.78, 5) is 17.7. The van der Waals surface area contributed by atoms with Crippen molar-refractivity contribution < 1.29 is 9.90 Å². The third-order valence-electron chi connectivity index (χ3n) is 4.00. The van der Waals surface area contributed by atoms with Crippen LogP contribution in [0.1, 0.15) is 17.0 Å². The smallest absolute Gasteiger partial charge is 0.321 e. The highest BCUT2D eigenvalue weighted by molar-refractivity contribution is 6.29. The summed E-state index contributed by atoms with van der Waals surface area (Å²) in [6.45, 7) is 1.08. The maximum absolute atomic E-state index is 11.6. The summed E-state index contributed by atoms with van der Waals surface area (Å²) in [6.07, 6.45) is 2.11. The quantitative estimate of drug-likeness (QED) is 0.943. The van der Waals surface area contributed by atoms with Gasteiger partial charge < -0.3 is 9.67 Å². The van der Waals surface area contributed by atoms with Gasteiger partial charge in [0.25, 0.3) is 0 Å². The Bertz CT molecular complexity index is 683. The summed E-state index contributed by atoms with van der Waals surface area (Å²) in [6, 6.07) is 7.45. The molecule has 0 aliphatic carbocycles. The monoisotopic (exact) mass is 305 g/mol. The Hall–Kier alpha value is -1.85. The largest absolute Gasteiger partial charge is 0.480 e. The normalized spacial score (nSPS) is 18.5. The van der Waals surface area contributed by atoms with Gasteiger partial charge >= 0.3 is 5.97 Å². The predicted molar refractivity (Wildman–Crippen MR) is 79.0 cm³/mol. The summed E-state index contributed by atoms with van der Waals surface area (Å²) in [7, 11) is 1.83. The molecule has 0 bridgehead atoms. The van der Waals surface area contributed by atoms with Crippen molar-refractivity contribution in [2.24, 2.45) is 7.05 Å². The molecule has 3 rings (SSSR count). The van der Waals surface area contributed by atoms with Crippen molar-refractivity contribution in [1.82, 2.24) is 14.5 Å². The Morgan fingerprint density at radius 2 is 2.14 bits per heavy atom. The molecule has 2 heterocycles. The molecule has 0 saturated heterocycles. The van der Waals surface area contributed by atoms with Gasteiger partial charge in [0.05, 0.1) is 12.7 Å². The van der Waals surface area contributed by atoms with Gasteiger partial charge in [-0.25, -0.2) is 4.98 Å². The van der Waals surface area contributed by atoms with Crippen LogP contribution in [0.5, 0.6) is 0 Å². The van der Waals surface area contributed by atoms with E-state index in [0.29, 0.717) is 24.7 Å². The Labute approximate surface area is 127 Å². The van der Waals surface area contributed by atoms with Crippen LogP contribution in [0.3, 0.4) is 0 Å². The number of aliphatic carboxylic acids is 1. The van der Waals surface area contributed by atoms with Gasteiger partial charge in [-0.2, -0.15) is 0 Å². The lowest BCUT2D eigenvalue weighted by molar-refractivity contribution is -0.144. The van der Waals surface area contributed by atoms with Gasteiger partial charge in [0, 0.05) is 13.6 Å². The molecule has 1 aliphatic rings. The molecule has 0 saturated carbocycles. The average Bonchev–Trinajstić information content (AvgIpc) is 2.78. The van der Waals surface area contributed by atoms with Crippen LogP contribution < -0.4 is 0 Å². The SMILES string of the molecule is Cn1c(Cl)cnc1CN1Cc2ccccc2CC1C(=O)O. The standard InChI is InChI=1S/C15H16ClN3O2/c1-18-13(16)7-17-14(18)9-19-8-11-5-3-2-4-10(11)6-12(19)15(20)21/h2-5,7,12H,6,8-9H2,1H3,(H,20,21). The second-order valence-corrected chi connectivity index (χ2v) is 5.68. The van der Waals surface area contributed by atoms with Gasteiger partial charge in [-0.05, 0) is 17.5 Å². The summed E-state index contributed by atoms with van der Waals surface area (Å²) < 4.78 is 1.78. The zero-order valence-corrected chi connectivity index (χ0v) is 12.4. The molecule has 1 N–H and O–H groups in total. The minimum Gasteiger partial charge on any atom is -0.480 e. The van der Waals surface area contributed by atoms with E-state index in [9.17, 15) is 9.90 Å². The summed E-state index contributed by atoms with van der Waals surface area (Å²) in [5.41, 5.74) is 2.29. The molecule has 0 amide bonds. The number of nitrogens with zero attached hydrogens (tertiary/aromatic N) is 3. The fourth-order valence-electron chi connectivity index (χ4n) is 2.74. The van der Waals surface area contributed by atoms with Gasteiger partial charge in [-0.1, -0.05) is 35.9 Å². The maximum atomic E-state index is 11.6. The molecule has 2 aromatic rings. The average molecular weight is 306 g/mol. The number of aromatic nitrogens is 2. The second-order valence-electron chi connectivity index (χ2n) is 5.29. The van der Waals surface area contributed by atoms with Crippen LogP contribution in [-0.4, -0.2) is 31.6 Å². The van der Waals surface area contributed by atoms with E-state index in [2.05, 4.69) is 4.98 Å². The van der Waals surface area contributed by atoms with Crippen molar-refractivity contribution in [3.05, 3.63) is 52.6 Å². The Morgan fingerprint density at radius 1 is 1.43 bits per heavy atom. The Morgan fingerprint density at radius 3 is 2.76 bits per heavy atom. The fraction of sp³-hybridized carbons (Fsp3) is 0.333. The number of carboxylic acid groups (broad SMARTS) is 1. The molecule has 0 radical (unpaired) electrons. The van der Waals surface area contributed by atoms with Crippen LogP contribution in [0.4, 0.5) is 0 Å². The lowest BCUT2D eigenvalue weighted by Gasteiger charge is -2.34. The van der Waals surface area contributed by atoms with Crippen molar-refractivity contribution in [1.29, 1.82) is 0 Å². The first-order chi connectivity index (χ1) is 10.1. The third-order valence-corrected chi connectivity index (χ3v) is 4.35. The molecule has 110 valence electrons. The second kappa shape index (κ2) is 5.50. The first kappa shape index (κ1) is 14.1. The highest BCUT2D eigenvalue weighted by atomic mass is 35.5. The maximum Gasteiger partial charge on any atom is 0.321 e. The first-order valence-corrected chi connectivity index (χ1v) is 7.14. The van der Waals surface area contributed by atoms with Crippen LogP contribution in [0, 0.1) is 0 Å². The van der Waals surface area contributed by atoms with Crippen molar-refractivity contribution >= 4 is 17.6 Å². The van der Waals surface area contributed by atoms with E-state index in [1.807, 2.05) is 36.2 Å². The first-order valence-electron chi connectivity index (χ1n) is 6.76. The number of hydrogen-bond donors (Lipinski definition) is 1. The fourth-order valence-corrected chi connectivity index (χ4v) is 2.89. The number of rotatable bonds is 3. The van der Waals surface area contributed by atoms with Crippen molar-refractivity contribution in [2.45, 2.75) is 25.6 Å². The Kier molecular flexibility index (Phi) is 3.69. The number of imidazole rings is 1. The highest BCUT2D eigenvalue weighted by Gasteiger charge is 2.31. The van der Waals surface area contributed by atoms with Gasteiger partial charge in [-0.15, -0.1) is 0 Å². The number of hydrogen-bond acceptors (Lipinski definition) is 3. The molecule has 1 aromatic heterocycles. The third kappa shape index (κ3) is 2.66. The van der Waals surface area contributed by atoms with Crippen LogP contribution >= 0.6 is 11.6 Å². The lowest BCUT2D eigenvalue weighted by atomic mass is 9.94. The minimum absolute atomic E-state index is 0.467. The zero-order chi connectivity index (χ0) is 15.0. The molecule has 1 unspecified atom stereocenters. The summed E-state index contributed by atoms with van der Waals surface area (Å²) in [5, 5.41) is 10.0. The number of halogens is 1. The van der Waals surface area contributed by atoms with E-state index in [1.165, 1.54) is 5.56 Å². The molecular weight excluding hydrogens is 290 g/mol. The molecule has 1 aromatic carbocycles. The highest BCUT2D eigenvalue weighted by Crippen LogP contribution is 2.25. The molecule has 1 atom stereocenters. The Balaban J connectivity index is 1.89. The van der Waals surface area contributed by atoms with E-state index in [0.717, 1.165) is 11.4 Å². The van der Waals surface area contributed by atoms with Crippen LogP contribution in [0.15, 0.2) is 30.5 Å². The van der Waals surface area contributed by atoms with E-state index in [-0.39, 0.29) is 0 Å². The minimum atomic E-state index is -0.801. The lowest BCUT2D eigenvalue weighted by Crippen LogP contribution is -2.45. The molecule has 21 heavy (non-hydrogen) atoms. The van der Waals surface area contributed by atoms with E-state index >= 15 is 0 Å². The van der Waals surface area contributed by atoms with Gasteiger partial charge in [0.15, 0.2) is 0 Å². The van der Waals surface area contributed by atoms with E-state index < -0.39 is 12.0 Å². The molecule has 6 heteroatoms. The number of fused-ring (bicyclic) bond motifs is 1. The predicted octanol–water partition coefficient (Wildman–Crippen LogP) is 2.08. The van der Waals surface area contributed by atoms with Crippen LogP contribution in [0.2, 0.25) is 5.15 Å². The molecule has 0 spiro atoms. The number of benzene rings is 1. The molecular formula is C15H16ClN3O2. The van der Waals surface area contributed by atoms with Gasteiger partial charge in [0.2, 0.25) is 0 Å². The van der Waals surface area contributed by atoms with Crippen LogP contribution in [-0.2, 0) is 31.4 Å². The summed E-state index contributed by atoms with van der Waals surface area (Å²) in [5.74, 6) is -0.0320. The van der Waals surface area contributed by atoms with Crippen LogP contribution in [0.25, 0.3) is 0 Å². The topological polar surface area (TPSA) is 58.4 Å². The van der Waals surface area contributed by atoms with Gasteiger partial charge in [0.1, 0.15) is 17.0 Å². The number of carbonyl (C=O) groups is 1. The number of carboxylic acids is 1. The molecule has 0 fully saturated rings.